The number of nitrogens with zero attached hydrogens (tertiary/aromatic N) is 3. The molecule has 1 amide bonds. The summed E-state index contributed by atoms with van der Waals surface area (Å²) in [4.78, 5) is 17.3. The number of sulfonamides is 1. The van der Waals surface area contributed by atoms with Crippen LogP contribution in [0.2, 0.25) is 0 Å². The number of carbonyl (C=O) groups excluding carboxylic acids is 1. The predicted molar refractivity (Wildman–Crippen MR) is 110 cm³/mol. The first-order valence-corrected chi connectivity index (χ1v) is 10.5. The Bertz CT molecular complexity index is 1100. The van der Waals surface area contributed by atoms with Crippen molar-refractivity contribution in [3.05, 3.63) is 54.1 Å². The van der Waals surface area contributed by atoms with Crippen molar-refractivity contribution in [2.24, 2.45) is 0 Å². The Balaban J connectivity index is 1.85. The molecule has 3 aromatic rings. The Kier molecular flexibility index (Phi) is 5.53. The van der Waals surface area contributed by atoms with Crippen LogP contribution in [-0.4, -0.2) is 41.3 Å². The minimum absolute atomic E-state index is 0.154. The first kappa shape index (κ1) is 20.0. The third kappa shape index (κ3) is 3.65. The number of anilines is 1. The first-order chi connectivity index (χ1) is 13.3. The number of fused-ring (bicyclic) bond motifs is 1. The Morgan fingerprint density at radius 2 is 1.79 bits per heavy atom. The molecule has 0 aliphatic carbocycles. The summed E-state index contributed by atoms with van der Waals surface area (Å²) in [5.74, 6) is 0.121. The molecular weight excluding hydrogens is 376 g/mol. The van der Waals surface area contributed by atoms with Crippen molar-refractivity contribution in [1.82, 2.24) is 13.9 Å². The summed E-state index contributed by atoms with van der Waals surface area (Å²) in [6.45, 7) is 6.25. The van der Waals surface area contributed by atoms with Gasteiger partial charge in [0.15, 0.2) is 0 Å². The summed E-state index contributed by atoms with van der Waals surface area (Å²) in [7, 11) is -2.04. The van der Waals surface area contributed by atoms with E-state index in [1.807, 2.05) is 35.8 Å². The third-order valence-corrected chi connectivity index (χ3v) is 6.76. The largest absolute Gasteiger partial charge is 0.310 e. The Morgan fingerprint density at radius 3 is 2.39 bits per heavy atom. The molecular formula is C20H24N4O3S. The summed E-state index contributed by atoms with van der Waals surface area (Å²) in [6, 6.07) is 13.4. The highest BCUT2D eigenvalue weighted by Gasteiger charge is 2.23. The minimum Gasteiger partial charge on any atom is -0.310 e. The monoisotopic (exact) mass is 400 g/mol. The van der Waals surface area contributed by atoms with Gasteiger partial charge >= 0.3 is 0 Å². The molecule has 0 spiro atoms. The Labute approximate surface area is 165 Å². The summed E-state index contributed by atoms with van der Waals surface area (Å²) in [5.41, 5.74) is 2.11. The molecule has 1 N–H and O–H groups in total. The van der Waals surface area contributed by atoms with E-state index < -0.39 is 10.0 Å². The van der Waals surface area contributed by atoms with E-state index in [1.165, 1.54) is 35.6 Å². The van der Waals surface area contributed by atoms with Crippen LogP contribution in [0.1, 0.15) is 31.1 Å². The number of nitrogens with one attached hydrogen (secondary N) is 1. The Morgan fingerprint density at radius 1 is 1.14 bits per heavy atom. The maximum absolute atomic E-state index is 12.6. The van der Waals surface area contributed by atoms with Crippen molar-refractivity contribution >= 4 is 32.9 Å². The van der Waals surface area contributed by atoms with E-state index >= 15 is 0 Å². The normalized spacial score (nSPS) is 12.1. The van der Waals surface area contributed by atoms with Crippen LogP contribution >= 0.6 is 0 Å². The Hall–Kier alpha value is -2.71. The zero-order valence-electron chi connectivity index (χ0n) is 16.4. The van der Waals surface area contributed by atoms with E-state index in [4.69, 9.17) is 0 Å². The average molecular weight is 401 g/mol. The van der Waals surface area contributed by atoms with Gasteiger partial charge in [0, 0.05) is 25.2 Å². The van der Waals surface area contributed by atoms with E-state index in [1.54, 1.807) is 13.8 Å². The van der Waals surface area contributed by atoms with Gasteiger partial charge in [-0.25, -0.2) is 13.4 Å². The van der Waals surface area contributed by atoms with Gasteiger partial charge in [-0.15, -0.1) is 0 Å². The van der Waals surface area contributed by atoms with Gasteiger partial charge in [0.25, 0.3) is 5.91 Å². The van der Waals surface area contributed by atoms with Crippen LogP contribution < -0.4 is 5.32 Å². The molecule has 0 aliphatic rings. The lowest BCUT2D eigenvalue weighted by Crippen LogP contribution is -2.33. The molecule has 0 unspecified atom stereocenters. The molecule has 0 aliphatic heterocycles. The molecule has 0 saturated heterocycles. The quantitative estimate of drug-likeness (QED) is 0.688. The standard InChI is InChI=1S/C20H24N4O3S/c1-5-24-18-9-7-6-8-17(18)21-20(24)22-19(25)15-10-12-16(13-11-15)28(26,27)23(4)14(2)3/h6-14H,5H2,1-4H3,(H,21,22,25). The van der Waals surface area contributed by atoms with Crippen LogP contribution in [0.5, 0.6) is 0 Å². The van der Waals surface area contributed by atoms with Crippen molar-refractivity contribution in [3.8, 4) is 0 Å². The van der Waals surface area contributed by atoms with Crippen molar-refractivity contribution in [2.45, 2.75) is 38.3 Å². The van der Waals surface area contributed by atoms with E-state index in [-0.39, 0.29) is 16.8 Å². The van der Waals surface area contributed by atoms with Crippen LogP contribution in [0.4, 0.5) is 5.95 Å². The lowest BCUT2D eigenvalue weighted by atomic mass is 10.2. The highest BCUT2D eigenvalue weighted by atomic mass is 32.2. The number of hydrogen-bond acceptors (Lipinski definition) is 4. The van der Waals surface area contributed by atoms with Crippen LogP contribution in [0.15, 0.2) is 53.4 Å². The zero-order chi connectivity index (χ0) is 20.5. The molecule has 7 nitrogen and oxygen atoms in total. The van der Waals surface area contributed by atoms with Crippen LogP contribution in [0.3, 0.4) is 0 Å². The van der Waals surface area contributed by atoms with Gasteiger partial charge in [0.2, 0.25) is 16.0 Å². The SMILES string of the molecule is CCn1c(NC(=O)c2ccc(S(=O)(=O)N(C)C(C)C)cc2)nc2ccccc21. The van der Waals surface area contributed by atoms with Crippen LogP contribution in [0, 0.1) is 0 Å². The lowest BCUT2D eigenvalue weighted by Gasteiger charge is -2.21. The van der Waals surface area contributed by atoms with Crippen molar-refractivity contribution in [1.29, 1.82) is 0 Å². The first-order valence-electron chi connectivity index (χ1n) is 9.10. The van der Waals surface area contributed by atoms with Gasteiger partial charge in [-0.1, -0.05) is 12.1 Å². The van der Waals surface area contributed by atoms with E-state index in [0.29, 0.717) is 18.1 Å². The van der Waals surface area contributed by atoms with Crippen molar-refractivity contribution < 1.29 is 13.2 Å². The fraction of sp³-hybridized carbons (Fsp3) is 0.300. The summed E-state index contributed by atoms with van der Waals surface area (Å²) in [6.07, 6.45) is 0. The smallest absolute Gasteiger partial charge is 0.257 e. The fourth-order valence-electron chi connectivity index (χ4n) is 2.89. The molecule has 2 aromatic carbocycles. The van der Waals surface area contributed by atoms with Gasteiger partial charge in [-0.2, -0.15) is 4.31 Å². The van der Waals surface area contributed by atoms with E-state index in [9.17, 15) is 13.2 Å². The number of benzene rings is 2. The molecule has 28 heavy (non-hydrogen) atoms. The van der Waals surface area contributed by atoms with Gasteiger partial charge in [-0.05, 0) is 57.2 Å². The van der Waals surface area contributed by atoms with Crippen molar-refractivity contribution in [3.63, 3.8) is 0 Å². The zero-order valence-corrected chi connectivity index (χ0v) is 17.2. The third-order valence-electron chi connectivity index (χ3n) is 4.72. The summed E-state index contributed by atoms with van der Waals surface area (Å²) >= 11 is 0. The summed E-state index contributed by atoms with van der Waals surface area (Å²) < 4.78 is 28.3. The second-order valence-electron chi connectivity index (χ2n) is 6.76. The number of aromatic nitrogens is 2. The highest BCUT2D eigenvalue weighted by Crippen LogP contribution is 2.21. The number of hydrogen-bond donors (Lipinski definition) is 1. The second kappa shape index (κ2) is 7.73. The summed E-state index contributed by atoms with van der Waals surface area (Å²) in [5, 5.41) is 2.82. The number of rotatable bonds is 6. The molecule has 1 heterocycles. The number of carbonyl (C=O) groups is 1. The molecule has 0 atom stereocenters. The molecule has 3 rings (SSSR count). The lowest BCUT2D eigenvalue weighted by molar-refractivity contribution is 0.102. The molecule has 0 saturated carbocycles. The molecule has 0 radical (unpaired) electrons. The molecule has 0 fully saturated rings. The van der Waals surface area contributed by atoms with Crippen LogP contribution in [0.25, 0.3) is 11.0 Å². The number of aryl methyl sites for hydroxylation is 1. The topological polar surface area (TPSA) is 84.3 Å². The predicted octanol–water partition coefficient (Wildman–Crippen LogP) is 3.34. The molecule has 0 bridgehead atoms. The van der Waals surface area contributed by atoms with E-state index in [0.717, 1.165) is 11.0 Å². The maximum atomic E-state index is 12.6. The average Bonchev–Trinajstić information content (AvgIpc) is 3.04. The van der Waals surface area contributed by atoms with Gasteiger partial charge in [0.05, 0.1) is 15.9 Å². The molecule has 8 heteroatoms. The molecule has 1 aromatic heterocycles. The number of amides is 1. The highest BCUT2D eigenvalue weighted by molar-refractivity contribution is 7.89. The molecule has 148 valence electrons. The van der Waals surface area contributed by atoms with Gasteiger partial charge in [-0.3, -0.25) is 10.1 Å². The minimum atomic E-state index is -3.58. The van der Waals surface area contributed by atoms with Gasteiger partial charge in [0.1, 0.15) is 0 Å². The van der Waals surface area contributed by atoms with Gasteiger partial charge < -0.3 is 4.57 Å². The van der Waals surface area contributed by atoms with E-state index in [2.05, 4.69) is 10.3 Å². The number of para-hydroxylation sites is 2. The van der Waals surface area contributed by atoms with Crippen LogP contribution in [-0.2, 0) is 16.6 Å². The number of imidazole rings is 1. The van der Waals surface area contributed by atoms with Crippen molar-refractivity contribution in [2.75, 3.05) is 12.4 Å². The maximum Gasteiger partial charge on any atom is 0.257 e. The second-order valence-corrected chi connectivity index (χ2v) is 8.76. The fourth-order valence-corrected chi connectivity index (χ4v) is 4.25.